The van der Waals surface area contributed by atoms with Gasteiger partial charge in [-0.1, -0.05) is 31.5 Å². The molecule has 118 valence electrons. The monoisotopic (exact) mass is 311 g/mol. The normalized spacial score (nSPS) is 10.8. The maximum atomic E-state index is 12.4. The number of aromatic nitrogens is 4. The van der Waals surface area contributed by atoms with Crippen molar-refractivity contribution in [2.75, 3.05) is 5.43 Å². The van der Waals surface area contributed by atoms with Gasteiger partial charge in [0.25, 0.3) is 5.56 Å². The Balaban J connectivity index is 1.95. The van der Waals surface area contributed by atoms with E-state index < -0.39 is 0 Å². The van der Waals surface area contributed by atoms with Gasteiger partial charge in [0.15, 0.2) is 5.65 Å². The smallest absolute Gasteiger partial charge is 0.273 e. The number of unbranched alkanes of at least 4 members (excludes halogenated alkanes) is 1. The zero-order chi connectivity index (χ0) is 16.2. The highest BCUT2D eigenvalue weighted by Gasteiger charge is 2.12. The van der Waals surface area contributed by atoms with Crippen LogP contribution >= 0.6 is 0 Å². The van der Waals surface area contributed by atoms with E-state index >= 15 is 0 Å². The summed E-state index contributed by atoms with van der Waals surface area (Å²) in [6.45, 7) is 2.00. The van der Waals surface area contributed by atoms with Crippen LogP contribution in [0.25, 0.3) is 16.7 Å². The summed E-state index contributed by atoms with van der Waals surface area (Å²) >= 11 is 0. The molecular weight excluding hydrogens is 294 g/mol. The zero-order valence-electron chi connectivity index (χ0n) is 12.8. The van der Waals surface area contributed by atoms with E-state index in [0.29, 0.717) is 17.5 Å². The number of amides is 1. The minimum absolute atomic E-state index is 0.203. The van der Waals surface area contributed by atoms with Gasteiger partial charge in [0, 0.05) is 6.42 Å². The molecule has 0 unspecified atom stereocenters. The number of fused-ring (bicyclic) bond motifs is 1. The average molecular weight is 311 g/mol. The molecule has 2 heterocycles. The standard InChI is InChI=1S/C16H17N5O2/c1-2-3-9-14(22)19-20-11-17-15-13(16(20)23)10-18-21(15)12-7-5-4-6-8-12/h4-8,10-11H,2-3,9H2,1H3,(H,19,22). The molecule has 1 amide bonds. The van der Waals surface area contributed by atoms with Gasteiger partial charge in [-0.25, -0.2) is 14.3 Å². The second-order valence-electron chi connectivity index (χ2n) is 5.19. The Labute approximate surface area is 132 Å². The van der Waals surface area contributed by atoms with Gasteiger partial charge in [-0.3, -0.25) is 15.0 Å². The van der Waals surface area contributed by atoms with Crippen molar-refractivity contribution in [2.24, 2.45) is 0 Å². The lowest BCUT2D eigenvalue weighted by Crippen LogP contribution is -2.33. The molecule has 3 rings (SSSR count). The van der Waals surface area contributed by atoms with E-state index in [1.807, 2.05) is 37.3 Å². The third-order valence-corrected chi connectivity index (χ3v) is 3.49. The second kappa shape index (κ2) is 6.43. The van der Waals surface area contributed by atoms with Crippen LogP contribution in [0.2, 0.25) is 0 Å². The fraction of sp³-hybridized carbons (Fsp3) is 0.250. The Morgan fingerprint density at radius 1 is 1.26 bits per heavy atom. The van der Waals surface area contributed by atoms with E-state index in [1.54, 1.807) is 4.68 Å². The highest BCUT2D eigenvalue weighted by molar-refractivity contribution is 5.84. The molecule has 3 aromatic rings. The summed E-state index contributed by atoms with van der Waals surface area (Å²) in [7, 11) is 0. The van der Waals surface area contributed by atoms with Crippen LogP contribution in [0.15, 0.2) is 47.7 Å². The first-order chi connectivity index (χ1) is 11.2. The average Bonchev–Trinajstić information content (AvgIpc) is 3.01. The molecule has 0 saturated carbocycles. The molecule has 0 fully saturated rings. The maximum Gasteiger partial charge on any atom is 0.283 e. The number of hydrogen-bond donors (Lipinski definition) is 1. The Morgan fingerprint density at radius 2 is 2.04 bits per heavy atom. The lowest BCUT2D eigenvalue weighted by atomic mass is 10.2. The molecule has 0 atom stereocenters. The van der Waals surface area contributed by atoms with Crippen molar-refractivity contribution in [3.05, 3.63) is 53.2 Å². The zero-order valence-corrected chi connectivity index (χ0v) is 12.8. The number of para-hydroxylation sites is 1. The highest BCUT2D eigenvalue weighted by atomic mass is 16.2. The predicted octanol–water partition coefficient (Wildman–Crippen LogP) is 1.84. The van der Waals surface area contributed by atoms with Crippen LogP contribution in [0.1, 0.15) is 26.2 Å². The SMILES string of the molecule is CCCCC(=O)Nn1cnc2c(cnn2-c2ccccc2)c1=O. The first kappa shape index (κ1) is 15.0. The van der Waals surface area contributed by atoms with E-state index in [2.05, 4.69) is 15.5 Å². The van der Waals surface area contributed by atoms with E-state index in [9.17, 15) is 9.59 Å². The quantitative estimate of drug-likeness (QED) is 0.779. The van der Waals surface area contributed by atoms with Crippen molar-refractivity contribution >= 4 is 16.9 Å². The summed E-state index contributed by atoms with van der Waals surface area (Å²) in [5.41, 5.74) is 3.48. The summed E-state index contributed by atoms with van der Waals surface area (Å²) in [4.78, 5) is 28.5. The number of rotatable bonds is 5. The number of nitrogens with zero attached hydrogens (tertiary/aromatic N) is 4. The summed E-state index contributed by atoms with van der Waals surface area (Å²) in [5, 5.41) is 4.58. The molecule has 23 heavy (non-hydrogen) atoms. The first-order valence-electron chi connectivity index (χ1n) is 7.51. The number of nitrogens with one attached hydrogen (secondary N) is 1. The van der Waals surface area contributed by atoms with Crippen molar-refractivity contribution in [3.8, 4) is 5.69 Å². The van der Waals surface area contributed by atoms with E-state index in [-0.39, 0.29) is 11.5 Å². The minimum Gasteiger partial charge on any atom is -0.273 e. The molecule has 1 aromatic carbocycles. The van der Waals surface area contributed by atoms with Gasteiger partial charge in [-0.2, -0.15) is 5.10 Å². The van der Waals surface area contributed by atoms with Crippen LogP contribution in [0.3, 0.4) is 0 Å². The Bertz CT molecular complexity index is 882. The Kier molecular flexibility index (Phi) is 4.18. The summed E-state index contributed by atoms with van der Waals surface area (Å²) in [5.74, 6) is -0.203. The van der Waals surface area contributed by atoms with E-state index in [4.69, 9.17) is 0 Å². The van der Waals surface area contributed by atoms with Crippen molar-refractivity contribution in [1.29, 1.82) is 0 Å². The van der Waals surface area contributed by atoms with Gasteiger partial charge < -0.3 is 0 Å². The molecular formula is C16H17N5O2. The third-order valence-electron chi connectivity index (χ3n) is 3.49. The van der Waals surface area contributed by atoms with Gasteiger partial charge in [0.1, 0.15) is 11.7 Å². The lowest BCUT2D eigenvalue weighted by molar-refractivity contribution is -0.117. The molecule has 0 aliphatic carbocycles. The van der Waals surface area contributed by atoms with Gasteiger partial charge >= 0.3 is 0 Å². The predicted molar refractivity (Wildman–Crippen MR) is 87.0 cm³/mol. The Morgan fingerprint density at radius 3 is 2.78 bits per heavy atom. The molecule has 0 aliphatic rings. The van der Waals surface area contributed by atoms with Gasteiger partial charge in [-0.15, -0.1) is 0 Å². The first-order valence-corrected chi connectivity index (χ1v) is 7.51. The van der Waals surface area contributed by atoms with Crippen LogP contribution in [-0.4, -0.2) is 25.3 Å². The van der Waals surface area contributed by atoms with Crippen LogP contribution < -0.4 is 11.0 Å². The topological polar surface area (TPSA) is 81.8 Å². The second-order valence-corrected chi connectivity index (χ2v) is 5.19. The molecule has 0 aliphatic heterocycles. The molecule has 7 heteroatoms. The number of carbonyl (C=O) groups excluding carboxylic acids is 1. The highest BCUT2D eigenvalue weighted by Crippen LogP contribution is 2.12. The van der Waals surface area contributed by atoms with Crippen LogP contribution in [0.4, 0.5) is 0 Å². The molecule has 0 saturated heterocycles. The molecule has 7 nitrogen and oxygen atoms in total. The summed E-state index contributed by atoms with van der Waals surface area (Å²) in [6, 6.07) is 9.44. The molecule has 0 radical (unpaired) electrons. The minimum atomic E-state index is -0.345. The van der Waals surface area contributed by atoms with Crippen molar-refractivity contribution in [3.63, 3.8) is 0 Å². The molecule has 2 aromatic heterocycles. The number of benzene rings is 1. The maximum absolute atomic E-state index is 12.4. The largest absolute Gasteiger partial charge is 0.283 e. The number of carbonyl (C=O) groups is 1. The Hall–Kier alpha value is -2.96. The fourth-order valence-electron chi connectivity index (χ4n) is 2.28. The van der Waals surface area contributed by atoms with Crippen molar-refractivity contribution in [1.82, 2.24) is 19.4 Å². The lowest BCUT2D eigenvalue weighted by Gasteiger charge is -2.07. The van der Waals surface area contributed by atoms with E-state index in [0.717, 1.165) is 23.2 Å². The van der Waals surface area contributed by atoms with Crippen LogP contribution in [0.5, 0.6) is 0 Å². The van der Waals surface area contributed by atoms with Gasteiger partial charge in [-0.05, 0) is 18.6 Å². The molecule has 0 spiro atoms. The number of hydrogen-bond acceptors (Lipinski definition) is 4. The van der Waals surface area contributed by atoms with E-state index in [1.165, 1.54) is 12.5 Å². The molecule has 1 N–H and O–H groups in total. The van der Waals surface area contributed by atoms with Crippen LogP contribution in [0, 0.1) is 0 Å². The van der Waals surface area contributed by atoms with Crippen molar-refractivity contribution in [2.45, 2.75) is 26.2 Å². The van der Waals surface area contributed by atoms with Gasteiger partial charge in [0.05, 0.1) is 11.9 Å². The third kappa shape index (κ3) is 2.98. The van der Waals surface area contributed by atoms with Crippen molar-refractivity contribution < 1.29 is 4.79 Å². The van der Waals surface area contributed by atoms with Crippen LogP contribution in [-0.2, 0) is 4.79 Å². The molecule has 0 bridgehead atoms. The fourth-order valence-corrected chi connectivity index (χ4v) is 2.28. The summed E-state index contributed by atoms with van der Waals surface area (Å²) < 4.78 is 2.71. The summed E-state index contributed by atoms with van der Waals surface area (Å²) in [6.07, 6.45) is 4.86. The van der Waals surface area contributed by atoms with Gasteiger partial charge in [0.2, 0.25) is 5.91 Å².